The Morgan fingerprint density at radius 3 is 2.71 bits per heavy atom. The molecule has 3 aromatic rings. The Hall–Kier alpha value is -2.73. The summed E-state index contributed by atoms with van der Waals surface area (Å²) in [4.78, 5) is 5.63. The molecule has 1 aromatic heterocycles. The molecule has 0 aliphatic heterocycles. The number of guanidine groups is 1. The van der Waals surface area contributed by atoms with E-state index in [0.29, 0.717) is 0 Å². The van der Waals surface area contributed by atoms with Gasteiger partial charge in [-0.15, -0.1) is 11.8 Å². The number of benzene rings is 2. The zero-order chi connectivity index (χ0) is 19.8. The lowest BCUT2D eigenvalue weighted by Crippen LogP contribution is -2.37. The highest BCUT2D eigenvalue weighted by atomic mass is 32.2. The first-order chi connectivity index (χ1) is 13.7. The molecular weight excluding hydrogens is 366 g/mol. The molecular formula is C22H27N5S. The Morgan fingerprint density at radius 2 is 1.96 bits per heavy atom. The fraction of sp³-hybridized carbons (Fsp3) is 0.273. The fourth-order valence-electron chi connectivity index (χ4n) is 2.93. The summed E-state index contributed by atoms with van der Waals surface area (Å²) in [7, 11) is 1.80. The van der Waals surface area contributed by atoms with Gasteiger partial charge in [0, 0.05) is 31.2 Å². The van der Waals surface area contributed by atoms with Crippen LogP contribution in [0.3, 0.4) is 0 Å². The van der Waals surface area contributed by atoms with E-state index in [1.807, 2.05) is 29.1 Å². The molecule has 0 atom stereocenters. The number of hydrogen-bond donors (Lipinski definition) is 2. The van der Waals surface area contributed by atoms with Crippen molar-refractivity contribution in [2.24, 2.45) is 4.99 Å². The molecule has 0 bridgehead atoms. The summed E-state index contributed by atoms with van der Waals surface area (Å²) in [5.74, 6) is 0.808. The molecule has 0 aliphatic carbocycles. The topological polar surface area (TPSA) is 54.2 Å². The second-order valence-corrected chi connectivity index (χ2v) is 7.39. The van der Waals surface area contributed by atoms with Gasteiger partial charge in [-0.3, -0.25) is 4.99 Å². The van der Waals surface area contributed by atoms with Gasteiger partial charge < -0.3 is 10.6 Å². The quantitative estimate of drug-likeness (QED) is 0.364. The second kappa shape index (κ2) is 9.99. The molecule has 146 valence electrons. The molecule has 3 rings (SSSR count). The van der Waals surface area contributed by atoms with Crippen LogP contribution in [0.25, 0.3) is 5.69 Å². The van der Waals surface area contributed by atoms with Crippen LogP contribution in [0.15, 0.2) is 70.8 Å². The van der Waals surface area contributed by atoms with Gasteiger partial charge in [0.1, 0.15) is 0 Å². The molecule has 6 heteroatoms. The highest BCUT2D eigenvalue weighted by Crippen LogP contribution is 2.21. The van der Waals surface area contributed by atoms with Crippen LogP contribution in [0, 0.1) is 6.92 Å². The van der Waals surface area contributed by atoms with Gasteiger partial charge in [0.2, 0.25) is 0 Å². The highest BCUT2D eigenvalue weighted by Gasteiger charge is 2.05. The number of thioether (sulfide) groups is 1. The van der Waals surface area contributed by atoms with Crippen molar-refractivity contribution in [3.63, 3.8) is 0 Å². The zero-order valence-electron chi connectivity index (χ0n) is 16.6. The Morgan fingerprint density at radius 1 is 1.14 bits per heavy atom. The van der Waals surface area contributed by atoms with E-state index in [0.717, 1.165) is 31.2 Å². The predicted octanol–water partition coefficient (Wildman–Crippen LogP) is 3.81. The number of nitrogens with zero attached hydrogens (tertiary/aromatic N) is 3. The van der Waals surface area contributed by atoms with Gasteiger partial charge in [-0.2, -0.15) is 5.10 Å². The molecule has 2 aromatic carbocycles. The molecule has 0 aliphatic rings. The standard InChI is InChI=1S/C22H27N5S/c1-17-9-10-19(21(13-17)28-3)15-25-22(23-2)24-12-11-18-14-26-27(16-18)20-7-5-4-6-8-20/h4-10,13-14,16H,11-12,15H2,1-3H3,(H2,23,24,25). The van der Waals surface area contributed by atoms with Crippen molar-refractivity contribution >= 4 is 17.7 Å². The first-order valence-electron chi connectivity index (χ1n) is 9.36. The van der Waals surface area contributed by atoms with Crippen molar-refractivity contribution in [1.29, 1.82) is 0 Å². The molecule has 0 fully saturated rings. The number of nitrogens with one attached hydrogen (secondary N) is 2. The smallest absolute Gasteiger partial charge is 0.191 e. The van der Waals surface area contributed by atoms with Gasteiger partial charge in [-0.25, -0.2) is 4.68 Å². The molecule has 0 spiro atoms. The zero-order valence-corrected chi connectivity index (χ0v) is 17.5. The van der Waals surface area contributed by atoms with Crippen molar-refractivity contribution < 1.29 is 0 Å². The average Bonchev–Trinajstić information content (AvgIpc) is 3.20. The molecule has 28 heavy (non-hydrogen) atoms. The number of aryl methyl sites for hydroxylation is 1. The van der Waals surface area contributed by atoms with Gasteiger partial charge in [0.15, 0.2) is 5.96 Å². The predicted molar refractivity (Wildman–Crippen MR) is 118 cm³/mol. The van der Waals surface area contributed by atoms with E-state index >= 15 is 0 Å². The van der Waals surface area contributed by atoms with Gasteiger partial charge in [-0.05, 0) is 54.5 Å². The number of rotatable bonds is 7. The fourth-order valence-corrected chi connectivity index (χ4v) is 3.64. The molecule has 0 unspecified atom stereocenters. The van der Waals surface area contributed by atoms with Crippen LogP contribution in [0.2, 0.25) is 0 Å². The summed E-state index contributed by atoms with van der Waals surface area (Å²) in [6.45, 7) is 3.67. The van der Waals surface area contributed by atoms with Crippen molar-refractivity contribution in [2.75, 3.05) is 19.8 Å². The monoisotopic (exact) mass is 393 g/mol. The summed E-state index contributed by atoms with van der Waals surface area (Å²) in [6.07, 6.45) is 6.99. The molecule has 0 saturated heterocycles. The van der Waals surface area contributed by atoms with Crippen molar-refractivity contribution in [3.05, 3.63) is 77.6 Å². The van der Waals surface area contributed by atoms with Crippen LogP contribution in [0.1, 0.15) is 16.7 Å². The first kappa shape index (κ1) is 20.0. The van der Waals surface area contributed by atoms with E-state index in [1.54, 1.807) is 18.8 Å². The van der Waals surface area contributed by atoms with Crippen LogP contribution >= 0.6 is 11.8 Å². The van der Waals surface area contributed by atoms with E-state index in [2.05, 4.69) is 70.4 Å². The minimum atomic E-state index is 0.752. The van der Waals surface area contributed by atoms with E-state index in [4.69, 9.17) is 0 Å². The highest BCUT2D eigenvalue weighted by molar-refractivity contribution is 7.98. The molecule has 2 N–H and O–H groups in total. The summed E-state index contributed by atoms with van der Waals surface area (Å²) < 4.78 is 1.91. The molecule has 0 saturated carbocycles. The number of hydrogen-bond acceptors (Lipinski definition) is 3. The summed E-state index contributed by atoms with van der Waals surface area (Å²) >= 11 is 1.77. The summed E-state index contributed by atoms with van der Waals surface area (Å²) in [6, 6.07) is 16.7. The molecule has 5 nitrogen and oxygen atoms in total. The molecule has 0 amide bonds. The maximum Gasteiger partial charge on any atom is 0.191 e. The van der Waals surface area contributed by atoms with Crippen molar-refractivity contribution in [1.82, 2.24) is 20.4 Å². The van der Waals surface area contributed by atoms with Crippen LogP contribution in [-0.2, 0) is 13.0 Å². The van der Waals surface area contributed by atoms with Gasteiger partial charge in [0.05, 0.1) is 11.9 Å². The van der Waals surface area contributed by atoms with Crippen LogP contribution in [0.4, 0.5) is 0 Å². The Kier molecular flexibility index (Phi) is 7.14. The number of aromatic nitrogens is 2. The Labute approximate surface area is 171 Å². The third-order valence-corrected chi connectivity index (χ3v) is 5.30. The lowest BCUT2D eigenvalue weighted by molar-refractivity contribution is 0.788. The Bertz CT molecular complexity index is 918. The van der Waals surface area contributed by atoms with Crippen molar-refractivity contribution in [3.8, 4) is 5.69 Å². The third kappa shape index (κ3) is 5.39. The van der Waals surface area contributed by atoms with E-state index in [1.165, 1.54) is 21.6 Å². The normalized spacial score (nSPS) is 11.5. The average molecular weight is 394 g/mol. The maximum absolute atomic E-state index is 4.45. The third-order valence-electron chi connectivity index (χ3n) is 4.48. The Balaban J connectivity index is 1.49. The lowest BCUT2D eigenvalue weighted by Gasteiger charge is -2.14. The lowest BCUT2D eigenvalue weighted by atomic mass is 10.1. The van der Waals surface area contributed by atoms with Crippen molar-refractivity contribution in [2.45, 2.75) is 24.8 Å². The van der Waals surface area contributed by atoms with Crippen LogP contribution < -0.4 is 10.6 Å². The van der Waals surface area contributed by atoms with E-state index in [9.17, 15) is 0 Å². The minimum Gasteiger partial charge on any atom is -0.356 e. The summed E-state index contributed by atoms with van der Waals surface area (Å²) in [5.41, 5.74) is 4.83. The van der Waals surface area contributed by atoms with E-state index in [-0.39, 0.29) is 0 Å². The van der Waals surface area contributed by atoms with Gasteiger partial charge in [0.25, 0.3) is 0 Å². The van der Waals surface area contributed by atoms with Crippen LogP contribution in [0.5, 0.6) is 0 Å². The molecule has 0 radical (unpaired) electrons. The number of aliphatic imine (C=N–C) groups is 1. The maximum atomic E-state index is 4.45. The molecule has 1 heterocycles. The second-order valence-electron chi connectivity index (χ2n) is 6.55. The number of para-hydroxylation sites is 1. The van der Waals surface area contributed by atoms with Gasteiger partial charge >= 0.3 is 0 Å². The first-order valence-corrected chi connectivity index (χ1v) is 10.6. The van der Waals surface area contributed by atoms with Gasteiger partial charge in [-0.1, -0.05) is 30.3 Å². The largest absolute Gasteiger partial charge is 0.356 e. The SMILES string of the molecule is CN=C(NCCc1cnn(-c2ccccc2)c1)NCc1ccc(C)cc1SC. The summed E-state index contributed by atoms with van der Waals surface area (Å²) in [5, 5.41) is 11.2. The minimum absolute atomic E-state index is 0.752. The van der Waals surface area contributed by atoms with Crippen LogP contribution in [-0.4, -0.2) is 35.6 Å². The van der Waals surface area contributed by atoms with E-state index < -0.39 is 0 Å².